The van der Waals surface area contributed by atoms with Crippen LogP contribution in [0, 0.1) is 0 Å². The van der Waals surface area contributed by atoms with Gasteiger partial charge < -0.3 is 19.7 Å². The topological polar surface area (TPSA) is 93.1 Å². The van der Waals surface area contributed by atoms with Gasteiger partial charge in [-0.1, -0.05) is 36.4 Å². The van der Waals surface area contributed by atoms with Crippen LogP contribution in [0.2, 0.25) is 0 Å². The van der Waals surface area contributed by atoms with Crippen LogP contribution in [-0.4, -0.2) is 35.4 Å². The highest BCUT2D eigenvalue weighted by atomic mass is 16.7. The van der Waals surface area contributed by atoms with Crippen LogP contribution < -0.4 is 0 Å². The standard InChI is InChI=1S/C20H18O6/c1-20(25-9-10-26-20)15-4-2-3-13(11-15)5-6-14-7-8-16(18(21)22)17(12-14)19(23)24/h2-8,11-12H,9-10H2,1H3,(H,21,22)(H,23,24). The molecule has 0 aromatic heterocycles. The van der Waals surface area contributed by atoms with Crippen molar-refractivity contribution in [2.75, 3.05) is 13.2 Å². The van der Waals surface area contributed by atoms with Crippen molar-refractivity contribution >= 4 is 24.1 Å². The van der Waals surface area contributed by atoms with Gasteiger partial charge in [0.15, 0.2) is 5.79 Å². The Morgan fingerprint density at radius 3 is 2.15 bits per heavy atom. The number of ether oxygens (including phenoxy) is 2. The first-order chi connectivity index (χ1) is 12.4. The highest BCUT2D eigenvalue weighted by Gasteiger charge is 2.32. The van der Waals surface area contributed by atoms with E-state index in [1.165, 1.54) is 12.1 Å². The van der Waals surface area contributed by atoms with Crippen molar-refractivity contribution in [2.24, 2.45) is 0 Å². The molecule has 6 nitrogen and oxygen atoms in total. The fourth-order valence-electron chi connectivity index (χ4n) is 2.83. The minimum atomic E-state index is -1.27. The zero-order chi connectivity index (χ0) is 18.7. The summed E-state index contributed by atoms with van der Waals surface area (Å²) in [6, 6.07) is 11.9. The first-order valence-corrected chi connectivity index (χ1v) is 8.06. The van der Waals surface area contributed by atoms with E-state index >= 15 is 0 Å². The fraction of sp³-hybridized carbons (Fsp3) is 0.200. The van der Waals surface area contributed by atoms with E-state index in [9.17, 15) is 14.7 Å². The third kappa shape index (κ3) is 3.66. The number of hydrogen-bond acceptors (Lipinski definition) is 4. The SMILES string of the molecule is CC1(c2cccc(C=Cc3ccc(C(=O)O)c(C(=O)O)c3)c2)OCCO1. The predicted octanol–water partition coefficient (Wildman–Crippen LogP) is 3.47. The summed E-state index contributed by atoms with van der Waals surface area (Å²) >= 11 is 0. The Kier molecular flexibility index (Phi) is 4.88. The van der Waals surface area contributed by atoms with Gasteiger partial charge in [0.05, 0.1) is 24.3 Å². The molecule has 1 fully saturated rings. The van der Waals surface area contributed by atoms with Crippen LogP contribution in [0.25, 0.3) is 12.2 Å². The third-order valence-corrected chi connectivity index (χ3v) is 4.22. The van der Waals surface area contributed by atoms with Crippen LogP contribution in [0.15, 0.2) is 42.5 Å². The van der Waals surface area contributed by atoms with E-state index in [0.717, 1.165) is 11.1 Å². The molecule has 2 N–H and O–H groups in total. The van der Waals surface area contributed by atoms with Gasteiger partial charge in [0.25, 0.3) is 0 Å². The van der Waals surface area contributed by atoms with Gasteiger partial charge in [-0.2, -0.15) is 0 Å². The van der Waals surface area contributed by atoms with E-state index in [1.807, 2.05) is 37.3 Å². The average Bonchev–Trinajstić information content (AvgIpc) is 3.08. The Morgan fingerprint density at radius 1 is 0.923 bits per heavy atom. The smallest absolute Gasteiger partial charge is 0.336 e. The zero-order valence-electron chi connectivity index (χ0n) is 14.1. The summed E-state index contributed by atoms with van der Waals surface area (Å²) in [6.45, 7) is 2.96. The van der Waals surface area contributed by atoms with Crippen molar-refractivity contribution in [1.29, 1.82) is 0 Å². The number of aromatic carboxylic acids is 2. The molecular weight excluding hydrogens is 336 g/mol. The highest BCUT2D eigenvalue weighted by molar-refractivity contribution is 6.02. The van der Waals surface area contributed by atoms with Gasteiger partial charge in [-0.05, 0) is 36.2 Å². The molecule has 1 saturated heterocycles. The Hall–Kier alpha value is -2.96. The third-order valence-electron chi connectivity index (χ3n) is 4.22. The second kappa shape index (κ2) is 7.11. The summed E-state index contributed by atoms with van der Waals surface area (Å²) in [6.07, 6.45) is 3.55. The molecule has 0 atom stereocenters. The average molecular weight is 354 g/mol. The predicted molar refractivity (Wildman–Crippen MR) is 95.0 cm³/mol. The van der Waals surface area contributed by atoms with Crippen LogP contribution in [-0.2, 0) is 15.3 Å². The normalized spacial score (nSPS) is 16.0. The number of carboxylic acid groups (broad SMARTS) is 2. The minimum absolute atomic E-state index is 0.236. The molecule has 0 radical (unpaired) electrons. The number of carbonyl (C=O) groups is 2. The number of carboxylic acids is 2. The maximum absolute atomic E-state index is 11.3. The zero-order valence-corrected chi connectivity index (χ0v) is 14.1. The van der Waals surface area contributed by atoms with Gasteiger partial charge in [-0.3, -0.25) is 0 Å². The summed E-state index contributed by atoms with van der Waals surface area (Å²) in [7, 11) is 0. The maximum atomic E-state index is 11.3. The van der Waals surface area contributed by atoms with Gasteiger partial charge in [0.1, 0.15) is 0 Å². The summed E-state index contributed by atoms with van der Waals surface area (Å²) in [5.41, 5.74) is 1.90. The molecular formula is C20H18O6. The van der Waals surface area contributed by atoms with Crippen molar-refractivity contribution < 1.29 is 29.3 Å². The molecule has 6 heteroatoms. The Morgan fingerprint density at radius 2 is 1.54 bits per heavy atom. The van der Waals surface area contributed by atoms with Crippen LogP contribution >= 0.6 is 0 Å². The first-order valence-electron chi connectivity index (χ1n) is 8.06. The van der Waals surface area contributed by atoms with E-state index in [4.69, 9.17) is 14.6 Å². The molecule has 2 aromatic rings. The van der Waals surface area contributed by atoms with Gasteiger partial charge in [0.2, 0.25) is 0 Å². The van der Waals surface area contributed by atoms with E-state index in [2.05, 4.69) is 0 Å². The van der Waals surface area contributed by atoms with Crippen LogP contribution in [0.3, 0.4) is 0 Å². The van der Waals surface area contributed by atoms with Gasteiger partial charge in [0, 0.05) is 5.56 Å². The monoisotopic (exact) mass is 354 g/mol. The van der Waals surface area contributed by atoms with Gasteiger partial charge in [-0.25, -0.2) is 9.59 Å². The molecule has 0 amide bonds. The lowest BCUT2D eigenvalue weighted by molar-refractivity contribution is -0.149. The summed E-state index contributed by atoms with van der Waals surface area (Å²) in [4.78, 5) is 22.4. The molecule has 1 aliphatic rings. The lowest BCUT2D eigenvalue weighted by atomic mass is 10.0. The summed E-state index contributed by atoms with van der Waals surface area (Å²) in [5.74, 6) is -3.30. The lowest BCUT2D eigenvalue weighted by Gasteiger charge is -2.22. The largest absolute Gasteiger partial charge is 0.478 e. The summed E-state index contributed by atoms with van der Waals surface area (Å²) < 4.78 is 11.3. The minimum Gasteiger partial charge on any atom is -0.478 e. The molecule has 0 spiro atoms. The van der Waals surface area contributed by atoms with Crippen molar-refractivity contribution in [1.82, 2.24) is 0 Å². The van der Waals surface area contributed by atoms with Crippen molar-refractivity contribution in [3.05, 3.63) is 70.3 Å². The quantitative estimate of drug-likeness (QED) is 0.799. The van der Waals surface area contributed by atoms with E-state index in [0.29, 0.717) is 18.8 Å². The molecule has 1 aliphatic heterocycles. The first kappa shape index (κ1) is 17.8. The van der Waals surface area contributed by atoms with Crippen LogP contribution in [0.4, 0.5) is 0 Å². The molecule has 0 unspecified atom stereocenters. The molecule has 0 bridgehead atoms. The van der Waals surface area contributed by atoms with E-state index in [-0.39, 0.29) is 11.1 Å². The Labute approximate surface area is 150 Å². The number of hydrogen-bond donors (Lipinski definition) is 2. The number of rotatable bonds is 5. The molecule has 1 heterocycles. The number of benzene rings is 2. The van der Waals surface area contributed by atoms with Crippen molar-refractivity contribution in [2.45, 2.75) is 12.7 Å². The Balaban J connectivity index is 1.87. The lowest BCUT2D eigenvalue weighted by Crippen LogP contribution is -2.22. The van der Waals surface area contributed by atoms with E-state index < -0.39 is 17.7 Å². The second-order valence-corrected chi connectivity index (χ2v) is 6.02. The molecule has 0 saturated carbocycles. The Bertz CT molecular complexity index is 878. The van der Waals surface area contributed by atoms with Crippen LogP contribution in [0.5, 0.6) is 0 Å². The molecule has 134 valence electrons. The van der Waals surface area contributed by atoms with Gasteiger partial charge >= 0.3 is 11.9 Å². The molecule has 2 aromatic carbocycles. The molecule has 26 heavy (non-hydrogen) atoms. The van der Waals surface area contributed by atoms with E-state index in [1.54, 1.807) is 12.1 Å². The highest BCUT2D eigenvalue weighted by Crippen LogP contribution is 2.31. The fourth-order valence-corrected chi connectivity index (χ4v) is 2.83. The molecule has 0 aliphatic carbocycles. The van der Waals surface area contributed by atoms with Crippen LogP contribution in [0.1, 0.15) is 44.3 Å². The molecule has 3 rings (SSSR count). The summed E-state index contributed by atoms with van der Waals surface area (Å²) in [5, 5.41) is 18.3. The van der Waals surface area contributed by atoms with Crippen molar-refractivity contribution in [3.63, 3.8) is 0 Å². The maximum Gasteiger partial charge on any atom is 0.336 e. The van der Waals surface area contributed by atoms with Crippen molar-refractivity contribution in [3.8, 4) is 0 Å². The van der Waals surface area contributed by atoms with Gasteiger partial charge in [-0.15, -0.1) is 0 Å². The second-order valence-electron chi connectivity index (χ2n) is 6.02.